The SMILES string of the molecule is CCCC(O)[C@@H](N)CNC(=O)c1[nH]c2ccc(F)cc2c1C1CCCCC1. The fraction of sp³-hybridized carbons (Fsp3) is 0.571. The molecule has 3 rings (SSSR count). The van der Waals surface area contributed by atoms with Gasteiger partial charge in [0.05, 0.1) is 6.10 Å². The summed E-state index contributed by atoms with van der Waals surface area (Å²) >= 11 is 0. The Kier molecular flexibility index (Phi) is 6.50. The first kappa shape index (κ1) is 19.8. The lowest BCUT2D eigenvalue weighted by Crippen LogP contribution is -2.45. The zero-order valence-corrected chi connectivity index (χ0v) is 15.9. The maximum atomic E-state index is 13.9. The van der Waals surface area contributed by atoms with Crippen LogP contribution >= 0.6 is 0 Å². The number of hydrogen-bond donors (Lipinski definition) is 4. The lowest BCUT2D eigenvalue weighted by molar-refractivity contribution is 0.0921. The average molecular weight is 375 g/mol. The Bertz CT molecular complexity index is 783. The van der Waals surface area contributed by atoms with Crippen molar-refractivity contribution in [1.29, 1.82) is 0 Å². The molecule has 1 unspecified atom stereocenters. The minimum atomic E-state index is -0.634. The molecule has 0 aliphatic heterocycles. The van der Waals surface area contributed by atoms with Gasteiger partial charge in [0.2, 0.25) is 0 Å². The van der Waals surface area contributed by atoms with Crippen LogP contribution < -0.4 is 11.1 Å². The van der Waals surface area contributed by atoms with Gasteiger partial charge in [0.15, 0.2) is 0 Å². The minimum Gasteiger partial charge on any atom is -0.391 e. The molecule has 27 heavy (non-hydrogen) atoms. The summed E-state index contributed by atoms with van der Waals surface area (Å²) < 4.78 is 13.9. The molecule has 1 saturated carbocycles. The molecule has 0 radical (unpaired) electrons. The zero-order chi connectivity index (χ0) is 19.4. The van der Waals surface area contributed by atoms with Gasteiger partial charge in [-0.15, -0.1) is 0 Å². The van der Waals surface area contributed by atoms with Crippen molar-refractivity contribution in [1.82, 2.24) is 10.3 Å². The van der Waals surface area contributed by atoms with Gasteiger partial charge in [-0.3, -0.25) is 4.79 Å². The first-order valence-electron chi connectivity index (χ1n) is 10.0. The maximum Gasteiger partial charge on any atom is 0.268 e. The Hall–Kier alpha value is -1.92. The van der Waals surface area contributed by atoms with Crippen molar-refractivity contribution in [2.45, 2.75) is 69.9 Å². The van der Waals surface area contributed by atoms with Gasteiger partial charge in [0, 0.05) is 23.5 Å². The number of fused-ring (bicyclic) bond motifs is 1. The van der Waals surface area contributed by atoms with Gasteiger partial charge in [-0.1, -0.05) is 32.6 Å². The lowest BCUT2D eigenvalue weighted by atomic mass is 9.82. The predicted molar refractivity (Wildman–Crippen MR) is 105 cm³/mol. The Labute approximate surface area is 159 Å². The van der Waals surface area contributed by atoms with Crippen LogP contribution in [0.25, 0.3) is 10.9 Å². The minimum absolute atomic E-state index is 0.202. The molecular weight excluding hydrogens is 345 g/mol. The number of rotatable bonds is 7. The molecule has 1 heterocycles. The van der Waals surface area contributed by atoms with Crippen LogP contribution in [0.3, 0.4) is 0 Å². The number of nitrogens with two attached hydrogens (primary N) is 1. The molecule has 0 spiro atoms. The normalized spacial score (nSPS) is 17.8. The van der Waals surface area contributed by atoms with E-state index in [4.69, 9.17) is 5.73 Å². The molecule has 5 N–H and O–H groups in total. The highest BCUT2D eigenvalue weighted by molar-refractivity contribution is 6.01. The molecule has 1 amide bonds. The first-order chi connectivity index (χ1) is 13.0. The maximum absolute atomic E-state index is 13.9. The fourth-order valence-electron chi connectivity index (χ4n) is 4.12. The topological polar surface area (TPSA) is 91.1 Å². The smallest absolute Gasteiger partial charge is 0.268 e. The highest BCUT2D eigenvalue weighted by Gasteiger charge is 2.26. The van der Waals surface area contributed by atoms with E-state index in [2.05, 4.69) is 10.3 Å². The Morgan fingerprint density at radius 1 is 1.37 bits per heavy atom. The fourth-order valence-corrected chi connectivity index (χ4v) is 4.12. The van der Waals surface area contributed by atoms with Gasteiger partial charge in [-0.05, 0) is 48.9 Å². The van der Waals surface area contributed by atoms with E-state index < -0.39 is 12.1 Å². The second kappa shape index (κ2) is 8.85. The number of aromatic amines is 1. The molecule has 1 aromatic heterocycles. The number of aliphatic hydroxyl groups is 1. The van der Waals surface area contributed by atoms with Crippen molar-refractivity contribution >= 4 is 16.8 Å². The summed E-state index contributed by atoms with van der Waals surface area (Å²) in [5.41, 5.74) is 8.18. The number of aliphatic hydroxyl groups excluding tert-OH is 1. The molecule has 5 nitrogen and oxygen atoms in total. The van der Waals surface area contributed by atoms with Gasteiger partial charge in [0.25, 0.3) is 5.91 Å². The van der Waals surface area contributed by atoms with Gasteiger partial charge in [0.1, 0.15) is 11.5 Å². The molecule has 148 valence electrons. The van der Waals surface area contributed by atoms with Crippen molar-refractivity contribution in [3.63, 3.8) is 0 Å². The number of hydrogen-bond acceptors (Lipinski definition) is 3. The summed E-state index contributed by atoms with van der Waals surface area (Å²) in [6.07, 6.45) is 6.29. The van der Waals surface area contributed by atoms with Crippen LogP contribution in [0.4, 0.5) is 4.39 Å². The third-order valence-corrected chi connectivity index (χ3v) is 5.62. The number of aromatic nitrogens is 1. The number of carbonyl (C=O) groups is 1. The molecule has 1 aliphatic rings. The van der Waals surface area contributed by atoms with Crippen molar-refractivity contribution in [3.8, 4) is 0 Å². The summed E-state index contributed by atoms with van der Waals surface area (Å²) in [5.74, 6) is -0.282. The van der Waals surface area contributed by atoms with Crippen LogP contribution in [-0.4, -0.2) is 34.7 Å². The van der Waals surface area contributed by atoms with Crippen LogP contribution in [-0.2, 0) is 0 Å². The summed E-state index contributed by atoms with van der Waals surface area (Å²) in [6.45, 7) is 2.18. The van der Waals surface area contributed by atoms with Gasteiger partial charge >= 0.3 is 0 Å². The van der Waals surface area contributed by atoms with E-state index in [0.29, 0.717) is 12.1 Å². The standard InChI is InChI=1S/C21H30FN3O2/c1-2-6-18(26)16(23)12-24-21(27)20-19(13-7-4-3-5-8-13)15-11-14(22)9-10-17(15)25-20/h9-11,13,16,18,25-26H,2-8,12,23H2,1H3,(H,24,27)/t16-,18?/m0/s1. The number of halogens is 1. The van der Waals surface area contributed by atoms with E-state index >= 15 is 0 Å². The third-order valence-electron chi connectivity index (χ3n) is 5.62. The molecule has 0 bridgehead atoms. The number of carbonyl (C=O) groups excluding carboxylic acids is 1. The van der Waals surface area contributed by atoms with Crippen molar-refractivity contribution in [2.24, 2.45) is 5.73 Å². The zero-order valence-electron chi connectivity index (χ0n) is 15.9. The number of benzene rings is 1. The quantitative estimate of drug-likeness (QED) is 0.596. The van der Waals surface area contributed by atoms with E-state index in [9.17, 15) is 14.3 Å². The van der Waals surface area contributed by atoms with Gasteiger partial charge < -0.3 is 21.1 Å². The predicted octanol–water partition coefficient (Wildman–Crippen LogP) is 3.57. The van der Waals surface area contributed by atoms with E-state index in [-0.39, 0.29) is 24.2 Å². The molecule has 2 aromatic rings. The van der Waals surface area contributed by atoms with E-state index in [1.165, 1.54) is 18.6 Å². The number of amides is 1. The van der Waals surface area contributed by atoms with Crippen LogP contribution in [0.15, 0.2) is 18.2 Å². The molecule has 2 atom stereocenters. The molecule has 1 aromatic carbocycles. The van der Waals surface area contributed by atoms with Crippen molar-refractivity contribution in [3.05, 3.63) is 35.3 Å². The van der Waals surface area contributed by atoms with Crippen molar-refractivity contribution in [2.75, 3.05) is 6.54 Å². The Balaban J connectivity index is 1.85. The lowest BCUT2D eigenvalue weighted by Gasteiger charge is -2.23. The largest absolute Gasteiger partial charge is 0.391 e. The number of H-pyrrole nitrogens is 1. The third kappa shape index (κ3) is 4.50. The van der Waals surface area contributed by atoms with Crippen LogP contribution in [0.1, 0.15) is 73.8 Å². The van der Waals surface area contributed by atoms with Crippen LogP contribution in [0.2, 0.25) is 0 Å². The molecular formula is C21H30FN3O2. The van der Waals surface area contributed by atoms with E-state index in [1.54, 1.807) is 6.07 Å². The molecule has 6 heteroatoms. The Morgan fingerprint density at radius 2 is 2.11 bits per heavy atom. The van der Waals surface area contributed by atoms with Gasteiger partial charge in [-0.25, -0.2) is 4.39 Å². The summed E-state index contributed by atoms with van der Waals surface area (Å²) in [4.78, 5) is 16.1. The first-order valence-corrected chi connectivity index (χ1v) is 10.0. The van der Waals surface area contributed by atoms with E-state index in [0.717, 1.165) is 48.6 Å². The Morgan fingerprint density at radius 3 is 2.81 bits per heavy atom. The van der Waals surface area contributed by atoms with Crippen molar-refractivity contribution < 1.29 is 14.3 Å². The van der Waals surface area contributed by atoms with Crippen LogP contribution in [0, 0.1) is 5.82 Å². The molecule has 1 fully saturated rings. The van der Waals surface area contributed by atoms with Crippen LogP contribution in [0.5, 0.6) is 0 Å². The highest BCUT2D eigenvalue weighted by atomic mass is 19.1. The second-order valence-electron chi connectivity index (χ2n) is 7.67. The molecule has 0 saturated heterocycles. The summed E-state index contributed by atoms with van der Waals surface area (Å²) in [7, 11) is 0. The monoisotopic (exact) mass is 375 g/mol. The molecule has 1 aliphatic carbocycles. The van der Waals surface area contributed by atoms with Gasteiger partial charge in [-0.2, -0.15) is 0 Å². The summed E-state index contributed by atoms with van der Waals surface area (Å²) in [5, 5.41) is 13.6. The summed E-state index contributed by atoms with van der Waals surface area (Å²) in [6, 6.07) is 4.10. The number of nitrogens with one attached hydrogen (secondary N) is 2. The average Bonchev–Trinajstić information content (AvgIpc) is 3.05. The second-order valence-corrected chi connectivity index (χ2v) is 7.67. The van der Waals surface area contributed by atoms with E-state index in [1.807, 2.05) is 6.92 Å². The highest BCUT2D eigenvalue weighted by Crippen LogP contribution is 2.38.